The summed E-state index contributed by atoms with van der Waals surface area (Å²) in [4.78, 5) is 26.8. The Hall–Kier alpha value is -1.21. The first-order valence-electron chi connectivity index (χ1n) is 8.98. The van der Waals surface area contributed by atoms with E-state index < -0.39 is 0 Å². The Labute approximate surface area is 147 Å². The van der Waals surface area contributed by atoms with E-state index >= 15 is 0 Å². The first-order chi connectivity index (χ1) is 11.7. The van der Waals surface area contributed by atoms with E-state index in [1.807, 2.05) is 17.9 Å². The largest absolute Gasteiger partial charge is 0.450 e. The molecule has 0 radical (unpaired) electrons. The Morgan fingerprint density at radius 3 is 2.67 bits per heavy atom. The van der Waals surface area contributed by atoms with Crippen LogP contribution in [0.15, 0.2) is 11.0 Å². The van der Waals surface area contributed by atoms with Gasteiger partial charge in [0.15, 0.2) is 0 Å². The predicted octanol–water partition coefficient (Wildman–Crippen LogP) is 1.86. The Kier molecular flexibility index (Phi) is 6.05. The SMILES string of the molecule is CCOC(=O)N1C2CCC1CC(NCCNC(=O)C1=CCCS1)C2. The molecule has 6 nitrogen and oxygen atoms in total. The minimum atomic E-state index is -0.155. The van der Waals surface area contributed by atoms with Crippen LogP contribution in [0.1, 0.15) is 39.0 Å². The van der Waals surface area contributed by atoms with Gasteiger partial charge in [-0.2, -0.15) is 0 Å². The summed E-state index contributed by atoms with van der Waals surface area (Å²) in [5.41, 5.74) is 0. The molecular weight excluding hydrogens is 326 g/mol. The zero-order chi connectivity index (χ0) is 16.9. The molecule has 0 aliphatic carbocycles. The summed E-state index contributed by atoms with van der Waals surface area (Å²) < 4.78 is 5.18. The quantitative estimate of drug-likeness (QED) is 0.714. The van der Waals surface area contributed by atoms with Crippen molar-refractivity contribution < 1.29 is 14.3 Å². The summed E-state index contributed by atoms with van der Waals surface area (Å²) in [6.45, 7) is 3.70. The van der Waals surface area contributed by atoms with E-state index in [1.54, 1.807) is 11.8 Å². The average Bonchev–Trinajstić information content (AvgIpc) is 3.19. The molecule has 2 atom stereocenters. The van der Waals surface area contributed by atoms with Gasteiger partial charge in [0.1, 0.15) is 0 Å². The highest BCUT2D eigenvalue weighted by Gasteiger charge is 2.43. The van der Waals surface area contributed by atoms with Crippen LogP contribution in [0.5, 0.6) is 0 Å². The summed E-state index contributed by atoms with van der Waals surface area (Å²) in [7, 11) is 0. The smallest absolute Gasteiger partial charge is 0.410 e. The van der Waals surface area contributed by atoms with Gasteiger partial charge in [0.05, 0.1) is 11.5 Å². The maximum absolute atomic E-state index is 12.1. The number of fused-ring (bicyclic) bond motifs is 2. The second-order valence-electron chi connectivity index (χ2n) is 6.58. The van der Waals surface area contributed by atoms with Crippen LogP contribution in [0.25, 0.3) is 0 Å². The van der Waals surface area contributed by atoms with Crippen LogP contribution in [0, 0.1) is 0 Å². The van der Waals surface area contributed by atoms with Crippen LogP contribution >= 0.6 is 11.8 Å². The molecular formula is C17H27N3O3S. The molecule has 2 N–H and O–H groups in total. The van der Waals surface area contributed by atoms with Crippen molar-refractivity contribution in [3.05, 3.63) is 11.0 Å². The van der Waals surface area contributed by atoms with Gasteiger partial charge >= 0.3 is 6.09 Å². The van der Waals surface area contributed by atoms with Crippen molar-refractivity contribution in [2.75, 3.05) is 25.4 Å². The molecule has 2 unspecified atom stereocenters. The maximum Gasteiger partial charge on any atom is 0.410 e. The molecule has 0 aromatic rings. The molecule has 3 aliphatic heterocycles. The van der Waals surface area contributed by atoms with Crippen molar-refractivity contribution in [1.29, 1.82) is 0 Å². The van der Waals surface area contributed by atoms with Gasteiger partial charge in [-0.05, 0) is 39.0 Å². The Balaban J connectivity index is 1.38. The van der Waals surface area contributed by atoms with Gasteiger partial charge in [-0.3, -0.25) is 4.79 Å². The highest BCUT2D eigenvalue weighted by atomic mass is 32.2. The molecule has 2 amide bonds. The van der Waals surface area contributed by atoms with Gasteiger partial charge in [0.2, 0.25) is 0 Å². The number of carbonyl (C=O) groups is 2. The number of nitrogens with zero attached hydrogens (tertiary/aromatic N) is 1. The molecule has 2 bridgehead atoms. The summed E-state index contributed by atoms with van der Waals surface area (Å²) in [6.07, 6.45) is 6.95. The molecule has 0 aromatic heterocycles. The molecule has 0 saturated carbocycles. The van der Waals surface area contributed by atoms with Crippen LogP contribution in [0.3, 0.4) is 0 Å². The highest BCUT2D eigenvalue weighted by molar-refractivity contribution is 8.04. The van der Waals surface area contributed by atoms with Gasteiger partial charge < -0.3 is 20.3 Å². The lowest BCUT2D eigenvalue weighted by molar-refractivity contribution is -0.116. The fraction of sp³-hybridized carbons (Fsp3) is 0.765. The highest BCUT2D eigenvalue weighted by Crippen LogP contribution is 2.36. The van der Waals surface area contributed by atoms with Gasteiger partial charge in [-0.15, -0.1) is 11.8 Å². The lowest BCUT2D eigenvalue weighted by Crippen LogP contribution is -2.52. The zero-order valence-electron chi connectivity index (χ0n) is 14.3. The van der Waals surface area contributed by atoms with Crippen molar-refractivity contribution in [2.45, 2.75) is 57.2 Å². The van der Waals surface area contributed by atoms with Crippen molar-refractivity contribution in [3.63, 3.8) is 0 Å². The fourth-order valence-corrected chi connectivity index (χ4v) is 4.85. The monoisotopic (exact) mass is 353 g/mol. The lowest BCUT2D eigenvalue weighted by Gasteiger charge is -2.38. The molecule has 3 rings (SSSR count). The topological polar surface area (TPSA) is 70.7 Å². The molecule has 0 spiro atoms. The third kappa shape index (κ3) is 4.06. The molecule has 134 valence electrons. The number of thioether (sulfide) groups is 1. The van der Waals surface area contributed by atoms with Gasteiger partial charge in [0, 0.05) is 37.0 Å². The van der Waals surface area contributed by atoms with E-state index in [0.29, 0.717) is 31.3 Å². The first kappa shape index (κ1) is 17.6. The Morgan fingerprint density at radius 2 is 2.04 bits per heavy atom. The van der Waals surface area contributed by atoms with Crippen molar-refractivity contribution in [3.8, 4) is 0 Å². The van der Waals surface area contributed by atoms with Crippen LogP contribution in [-0.2, 0) is 9.53 Å². The van der Waals surface area contributed by atoms with Gasteiger partial charge in [-0.25, -0.2) is 4.79 Å². The fourth-order valence-electron chi connectivity index (χ4n) is 3.96. The standard InChI is InChI=1S/C17H27N3O3S/c1-2-23-17(22)20-13-5-6-14(20)11-12(10-13)18-7-8-19-16(21)15-4-3-9-24-15/h4,12-14,18H,2-3,5-11H2,1H3,(H,19,21). The number of piperidine rings is 1. The number of rotatable bonds is 6. The molecule has 0 aromatic carbocycles. The third-order valence-electron chi connectivity index (χ3n) is 4.98. The summed E-state index contributed by atoms with van der Waals surface area (Å²) >= 11 is 1.63. The molecule has 2 saturated heterocycles. The number of allylic oxidation sites excluding steroid dienone is 1. The van der Waals surface area contributed by atoms with Crippen LogP contribution in [0.4, 0.5) is 4.79 Å². The summed E-state index contributed by atoms with van der Waals surface area (Å²) in [5.74, 6) is 1.07. The van der Waals surface area contributed by atoms with E-state index in [1.165, 1.54) is 0 Å². The molecule has 2 fully saturated rings. The van der Waals surface area contributed by atoms with Crippen molar-refractivity contribution in [1.82, 2.24) is 15.5 Å². The van der Waals surface area contributed by atoms with Gasteiger partial charge in [0.25, 0.3) is 5.91 Å². The first-order valence-corrected chi connectivity index (χ1v) is 9.97. The second-order valence-corrected chi connectivity index (χ2v) is 7.71. The number of hydrogen-bond acceptors (Lipinski definition) is 5. The van der Waals surface area contributed by atoms with Crippen LogP contribution < -0.4 is 10.6 Å². The van der Waals surface area contributed by atoms with E-state index in [4.69, 9.17) is 4.74 Å². The van der Waals surface area contributed by atoms with E-state index in [2.05, 4.69) is 10.6 Å². The molecule has 24 heavy (non-hydrogen) atoms. The molecule has 3 heterocycles. The van der Waals surface area contributed by atoms with Crippen LogP contribution in [0.2, 0.25) is 0 Å². The minimum absolute atomic E-state index is 0.0523. The normalized spacial score (nSPS) is 28.6. The van der Waals surface area contributed by atoms with E-state index in [0.717, 1.165) is 49.3 Å². The van der Waals surface area contributed by atoms with Gasteiger partial charge in [-0.1, -0.05) is 6.08 Å². The van der Waals surface area contributed by atoms with E-state index in [9.17, 15) is 9.59 Å². The third-order valence-corrected chi connectivity index (χ3v) is 6.09. The summed E-state index contributed by atoms with van der Waals surface area (Å²) in [6, 6.07) is 1.02. The minimum Gasteiger partial charge on any atom is -0.450 e. The maximum atomic E-state index is 12.1. The summed E-state index contributed by atoms with van der Waals surface area (Å²) in [5, 5.41) is 6.51. The Morgan fingerprint density at radius 1 is 1.29 bits per heavy atom. The van der Waals surface area contributed by atoms with Crippen molar-refractivity contribution in [2.24, 2.45) is 0 Å². The van der Waals surface area contributed by atoms with E-state index in [-0.39, 0.29) is 12.0 Å². The predicted molar refractivity (Wildman–Crippen MR) is 94.9 cm³/mol. The number of carbonyl (C=O) groups excluding carboxylic acids is 2. The number of nitrogens with one attached hydrogen (secondary N) is 2. The lowest BCUT2D eigenvalue weighted by atomic mass is 9.98. The van der Waals surface area contributed by atoms with Crippen molar-refractivity contribution >= 4 is 23.8 Å². The zero-order valence-corrected chi connectivity index (χ0v) is 15.1. The number of hydrogen-bond donors (Lipinski definition) is 2. The second kappa shape index (κ2) is 8.25. The average molecular weight is 353 g/mol. The number of amides is 2. The molecule has 3 aliphatic rings. The number of ether oxygens (including phenoxy) is 1. The molecule has 7 heteroatoms. The van der Waals surface area contributed by atoms with Crippen LogP contribution in [-0.4, -0.2) is 60.5 Å². The Bertz CT molecular complexity index is 497.